The maximum atomic E-state index is 5.10. The van der Waals surface area contributed by atoms with Gasteiger partial charge in [0.2, 0.25) is 0 Å². The zero-order chi connectivity index (χ0) is 12.5. The molecule has 0 spiro atoms. The second kappa shape index (κ2) is 7.68. The van der Waals surface area contributed by atoms with E-state index in [0.29, 0.717) is 11.7 Å². The molecule has 4 heteroatoms. The predicted octanol–water partition coefficient (Wildman–Crippen LogP) is 1.89. The van der Waals surface area contributed by atoms with Gasteiger partial charge in [-0.15, -0.1) is 6.58 Å². The molecule has 0 aliphatic heterocycles. The summed E-state index contributed by atoms with van der Waals surface area (Å²) in [5, 5.41) is 6.82. The predicted molar refractivity (Wildman–Crippen MR) is 75.5 cm³/mol. The van der Waals surface area contributed by atoms with Gasteiger partial charge in [-0.3, -0.25) is 0 Å². The number of methoxy groups -OCH3 is 1. The fourth-order valence-corrected chi connectivity index (χ4v) is 1.53. The van der Waals surface area contributed by atoms with Crippen molar-refractivity contribution in [2.24, 2.45) is 0 Å². The second-order valence-corrected chi connectivity index (χ2v) is 3.93. The average molecular weight is 250 g/mol. The van der Waals surface area contributed by atoms with Crippen LogP contribution in [0, 0.1) is 0 Å². The summed E-state index contributed by atoms with van der Waals surface area (Å²) in [6, 6.07) is 8.04. The smallest absolute Gasteiger partial charge is 0.166 e. The highest BCUT2D eigenvalue weighted by molar-refractivity contribution is 7.80. The van der Waals surface area contributed by atoms with E-state index in [1.54, 1.807) is 13.2 Å². The molecule has 17 heavy (non-hydrogen) atoms. The average Bonchev–Trinajstić information content (AvgIpc) is 2.37. The standard InChI is InChI=1S/C13H18N2OS/c1-3-9-14-13(17)15-10-8-11-4-6-12(16-2)7-5-11/h3-7H,1,8-10H2,2H3,(H2,14,15,17). The normalized spacial score (nSPS) is 9.47. The third kappa shape index (κ3) is 5.36. The van der Waals surface area contributed by atoms with Crippen molar-refractivity contribution >= 4 is 17.3 Å². The van der Waals surface area contributed by atoms with E-state index < -0.39 is 0 Å². The van der Waals surface area contributed by atoms with Crippen molar-refractivity contribution in [1.82, 2.24) is 10.6 Å². The number of thiocarbonyl (C=S) groups is 1. The molecule has 2 N–H and O–H groups in total. The zero-order valence-corrected chi connectivity index (χ0v) is 10.8. The van der Waals surface area contributed by atoms with E-state index in [9.17, 15) is 0 Å². The van der Waals surface area contributed by atoms with Gasteiger partial charge in [0, 0.05) is 13.1 Å². The molecule has 3 nitrogen and oxygen atoms in total. The molecule has 0 radical (unpaired) electrons. The number of hydrogen-bond acceptors (Lipinski definition) is 2. The fraction of sp³-hybridized carbons (Fsp3) is 0.308. The van der Waals surface area contributed by atoms with Crippen molar-refractivity contribution in [3.8, 4) is 5.75 Å². The first-order valence-electron chi connectivity index (χ1n) is 5.52. The summed E-state index contributed by atoms with van der Waals surface area (Å²) < 4.78 is 5.10. The molecular formula is C13H18N2OS. The molecule has 0 fully saturated rings. The van der Waals surface area contributed by atoms with Gasteiger partial charge in [0.25, 0.3) is 0 Å². The number of ether oxygens (including phenoxy) is 1. The fourth-order valence-electron chi connectivity index (χ4n) is 1.34. The number of hydrogen-bond donors (Lipinski definition) is 2. The molecule has 0 aliphatic carbocycles. The van der Waals surface area contributed by atoms with Crippen LogP contribution >= 0.6 is 12.2 Å². The monoisotopic (exact) mass is 250 g/mol. The number of nitrogens with one attached hydrogen (secondary N) is 2. The van der Waals surface area contributed by atoms with Crippen LogP contribution in [0.5, 0.6) is 5.75 Å². The van der Waals surface area contributed by atoms with Gasteiger partial charge >= 0.3 is 0 Å². The summed E-state index contributed by atoms with van der Waals surface area (Å²) in [7, 11) is 1.67. The van der Waals surface area contributed by atoms with Crippen molar-refractivity contribution in [2.45, 2.75) is 6.42 Å². The molecule has 1 aromatic carbocycles. The maximum absolute atomic E-state index is 5.10. The highest BCUT2D eigenvalue weighted by Gasteiger charge is 1.96. The molecule has 1 rings (SSSR count). The van der Waals surface area contributed by atoms with Gasteiger partial charge < -0.3 is 15.4 Å². The molecule has 0 saturated carbocycles. The molecule has 1 aromatic rings. The van der Waals surface area contributed by atoms with Crippen LogP contribution in [0.1, 0.15) is 5.56 Å². The largest absolute Gasteiger partial charge is 0.497 e. The first-order valence-corrected chi connectivity index (χ1v) is 5.92. The van der Waals surface area contributed by atoms with Crippen LogP contribution in [0.15, 0.2) is 36.9 Å². The van der Waals surface area contributed by atoms with Crippen LogP contribution in [0.4, 0.5) is 0 Å². The highest BCUT2D eigenvalue weighted by atomic mass is 32.1. The van der Waals surface area contributed by atoms with Gasteiger partial charge in [-0.2, -0.15) is 0 Å². The molecule has 0 unspecified atom stereocenters. The summed E-state index contributed by atoms with van der Waals surface area (Å²) in [6.07, 6.45) is 2.71. The SMILES string of the molecule is C=CCNC(=S)NCCc1ccc(OC)cc1. The van der Waals surface area contributed by atoms with E-state index in [2.05, 4.69) is 29.3 Å². The van der Waals surface area contributed by atoms with Gasteiger partial charge in [-0.1, -0.05) is 18.2 Å². The van der Waals surface area contributed by atoms with Crippen LogP contribution in [0.3, 0.4) is 0 Å². The Morgan fingerprint density at radius 3 is 2.65 bits per heavy atom. The lowest BCUT2D eigenvalue weighted by Gasteiger charge is -2.09. The van der Waals surface area contributed by atoms with Gasteiger partial charge in [0.05, 0.1) is 7.11 Å². The first kappa shape index (κ1) is 13.5. The first-order chi connectivity index (χ1) is 8.26. The summed E-state index contributed by atoms with van der Waals surface area (Å²) in [6.45, 7) is 5.12. The molecule has 0 saturated heterocycles. The number of benzene rings is 1. The summed E-state index contributed by atoms with van der Waals surface area (Å²) in [5.74, 6) is 0.880. The summed E-state index contributed by atoms with van der Waals surface area (Å²) in [5.41, 5.74) is 1.25. The third-order valence-corrected chi connectivity index (χ3v) is 2.55. The minimum absolute atomic E-state index is 0.665. The Balaban J connectivity index is 2.25. The van der Waals surface area contributed by atoms with Crippen molar-refractivity contribution in [3.05, 3.63) is 42.5 Å². The zero-order valence-electron chi connectivity index (χ0n) is 10.0. The minimum atomic E-state index is 0.665. The van der Waals surface area contributed by atoms with Crippen molar-refractivity contribution in [2.75, 3.05) is 20.2 Å². The highest BCUT2D eigenvalue weighted by Crippen LogP contribution is 2.11. The van der Waals surface area contributed by atoms with E-state index in [1.807, 2.05) is 12.1 Å². The molecule has 0 bridgehead atoms. The Labute approximate surface area is 108 Å². The van der Waals surface area contributed by atoms with E-state index in [4.69, 9.17) is 17.0 Å². The Kier molecular flexibility index (Phi) is 6.10. The van der Waals surface area contributed by atoms with Crippen LogP contribution in [-0.2, 0) is 6.42 Å². The minimum Gasteiger partial charge on any atom is -0.497 e. The van der Waals surface area contributed by atoms with Crippen molar-refractivity contribution in [1.29, 1.82) is 0 Å². The van der Waals surface area contributed by atoms with Gasteiger partial charge in [-0.25, -0.2) is 0 Å². The Morgan fingerprint density at radius 1 is 1.35 bits per heavy atom. The summed E-state index contributed by atoms with van der Waals surface area (Å²) in [4.78, 5) is 0. The van der Waals surface area contributed by atoms with Crippen LogP contribution < -0.4 is 15.4 Å². The van der Waals surface area contributed by atoms with Crippen molar-refractivity contribution in [3.63, 3.8) is 0 Å². The molecule has 0 amide bonds. The van der Waals surface area contributed by atoms with Gasteiger partial charge in [0.1, 0.15) is 5.75 Å². The second-order valence-electron chi connectivity index (χ2n) is 3.52. The molecule has 0 aromatic heterocycles. The molecule has 0 heterocycles. The van der Waals surface area contributed by atoms with Crippen molar-refractivity contribution < 1.29 is 4.74 Å². The Morgan fingerprint density at radius 2 is 2.06 bits per heavy atom. The van der Waals surface area contributed by atoms with Gasteiger partial charge in [-0.05, 0) is 36.3 Å². The Bertz CT molecular complexity index is 362. The number of rotatable bonds is 6. The van der Waals surface area contributed by atoms with Gasteiger partial charge in [0.15, 0.2) is 5.11 Å². The van der Waals surface area contributed by atoms with E-state index in [-0.39, 0.29) is 0 Å². The molecule has 92 valence electrons. The van der Waals surface area contributed by atoms with E-state index in [1.165, 1.54) is 5.56 Å². The van der Waals surface area contributed by atoms with Crippen LogP contribution in [0.2, 0.25) is 0 Å². The topological polar surface area (TPSA) is 33.3 Å². The molecule has 0 aliphatic rings. The quantitative estimate of drug-likeness (QED) is 0.597. The summed E-state index contributed by atoms with van der Waals surface area (Å²) >= 11 is 5.08. The lowest BCUT2D eigenvalue weighted by atomic mass is 10.1. The molecular weight excluding hydrogens is 232 g/mol. The maximum Gasteiger partial charge on any atom is 0.166 e. The third-order valence-electron chi connectivity index (χ3n) is 2.27. The lowest BCUT2D eigenvalue weighted by Crippen LogP contribution is -2.36. The lowest BCUT2D eigenvalue weighted by molar-refractivity contribution is 0.414. The molecule has 0 atom stereocenters. The van der Waals surface area contributed by atoms with Crippen LogP contribution in [0.25, 0.3) is 0 Å². The van der Waals surface area contributed by atoms with E-state index in [0.717, 1.165) is 18.7 Å². The Hall–Kier alpha value is -1.55. The van der Waals surface area contributed by atoms with E-state index >= 15 is 0 Å². The van der Waals surface area contributed by atoms with Crippen LogP contribution in [-0.4, -0.2) is 25.3 Å².